The van der Waals surface area contributed by atoms with Gasteiger partial charge in [-0.25, -0.2) is 4.99 Å². The minimum absolute atomic E-state index is 0.0616. The molecule has 5 nitrogen and oxygen atoms in total. The largest absolute Gasteiger partial charge is 0.357 e. The second-order valence-electron chi connectivity index (χ2n) is 6.24. The van der Waals surface area contributed by atoms with E-state index in [2.05, 4.69) is 55.1 Å². The molecule has 0 spiro atoms. The summed E-state index contributed by atoms with van der Waals surface area (Å²) < 4.78 is 1.05. The van der Waals surface area contributed by atoms with E-state index >= 15 is 0 Å². The molecular formula is C20H23BrN4O. The number of amides is 1. The van der Waals surface area contributed by atoms with Gasteiger partial charge in [0.2, 0.25) is 5.91 Å². The van der Waals surface area contributed by atoms with Crippen LogP contribution in [0.25, 0.3) is 0 Å². The number of fused-ring (bicyclic) bond motifs is 1. The molecule has 0 aliphatic carbocycles. The number of rotatable bonds is 5. The first-order valence-corrected chi connectivity index (χ1v) is 9.60. The number of benzene rings is 2. The van der Waals surface area contributed by atoms with Gasteiger partial charge in [-0.3, -0.25) is 4.79 Å². The maximum atomic E-state index is 12.0. The second-order valence-corrected chi connectivity index (χ2v) is 7.16. The number of halogens is 1. The first kappa shape index (κ1) is 18.5. The molecule has 1 amide bonds. The molecule has 1 aliphatic heterocycles. The van der Waals surface area contributed by atoms with E-state index in [0.29, 0.717) is 19.5 Å². The molecule has 3 N–H and O–H groups in total. The lowest BCUT2D eigenvalue weighted by atomic mass is 9.90. The van der Waals surface area contributed by atoms with Gasteiger partial charge in [0.05, 0.1) is 6.54 Å². The van der Waals surface area contributed by atoms with Crippen LogP contribution in [0.5, 0.6) is 0 Å². The molecule has 0 radical (unpaired) electrons. The number of hydrogen-bond acceptors (Lipinski definition) is 2. The Labute approximate surface area is 162 Å². The van der Waals surface area contributed by atoms with Gasteiger partial charge in [0, 0.05) is 35.6 Å². The van der Waals surface area contributed by atoms with Crippen molar-refractivity contribution in [3.63, 3.8) is 0 Å². The molecule has 1 heterocycles. The molecule has 2 aromatic rings. The lowest BCUT2D eigenvalue weighted by Crippen LogP contribution is -2.40. The summed E-state index contributed by atoms with van der Waals surface area (Å²) in [5.74, 6) is 0.956. The smallest absolute Gasteiger partial charge is 0.225 e. The lowest BCUT2D eigenvalue weighted by molar-refractivity contribution is -0.116. The Hall–Kier alpha value is -2.34. The van der Waals surface area contributed by atoms with Crippen molar-refractivity contribution < 1.29 is 4.79 Å². The summed E-state index contributed by atoms with van der Waals surface area (Å²) in [5.41, 5.74) is 3.22. The fourth-order valence-corrected chi connectivity index (χ4v) is 3.50. The Balaban J connectivity index is 1.67. The molecule has 0 saturated carbocycles. The van der Waals surface area contributed by atoms with E-state index in [9.17, 15) is 4.79 Å². The third kappa shape index (κ3) is 4.85. The van der Waals surface area contributed by atoms with Crippen LogP contribution in [0.15, 0.2) is 58.0 Å². The zero-order valence-corrected chi connectivity index (χ0v) is 16.3. The summed E-state index contributed by atoms with van der Waals surface area (Å²) in [5, 5.41) is 9.59. The van der Waals surface area contributed by atoms with Crippen LogP contribution in [0.2, 0.25) is 0 Å². The Bertz CT molecular complexity index is 806. The highest BCUT2D eigenvalue weighted by molar-refractivity contribution is 9.10. The first-order valence-electron chi connectivity index (χ1n) is 8.81. The van der Waals surface area contributed by atoms with Gasteiger partial charge in [-0.2, -0.15) is 0 Å². The molecule has 1 aliphatic rings. The van der Waals surface area contributed by atoms with Crippen molar-refractivity contribution in [1.82, 2.24) is 10.6 Å². The summed E-state index contributed by atoms with van der Waals surface area (Å²) in [6.45, 7) is 4.08. The highest BCUT2D eigenvalue weighted by Crippen LogP contribution is 2.31. The number of para-hydroxylation sites is 1. The third-order valence-electron chi connectivity index (χ3n) is 4.28. The molecule has 0 bridgehead atoms. The van der Waals surface area contributed by atoms with E-state index in [1.807, 2.05) is 37.3 Å². The van der Waals surface area contributed by atoms with Crippen molar-refractivity contribution >= 4 is 33.5 Å². The average Bonchev–Trinajstić information content (AvgIpc) is 2.63. The van der Waals surface area contributed by atoms with E-state index in [-0.39, 0.29) is 11.8 Å². The van der Waals surface area contributed by atoms with Gasteiger partial charge in [-0.05, 0) is 36.2 Å². The van der Waals surface area contributed by atoms with Gasteiger partial charge in [-0.15, -0.1) is 0 Å². The first-order chi connectivity index (χ1) is 12.7. The number of carbonyl (C=O) groups excluding carboxylic acids is 1. The molecule has 26 heavy (non-hydrogen) atoms. The van der Waals surface area contributed by atoms with E-state index < -0.39 is 0 Å². The van der Waals surface area contributed by atoms with Gasteiger partial charge in [0.25, 0.3) is 0 Å². The van der Waals surface area contributed by atoms with Crippen molar-refractivity contribution in [2.24, 2.45) is 4.99 Å². The molecule has 6 heteroatoms. The summed E-state index contributed by atoms with van der Waals surface area (Å²) in [4.78, 5) is 16.6. The van der Waals surface area contributed by atoms with Crippen molar-refractivity contribution in [2.45, 2.75) is 25.8 Å². The predicted octanol–water partition coefficient (Wildman–Crippen LogP) is 3.63. The molecule has 1 atom stereocenters. The number of carbonyl (C=O) groups is 1. The summed E-state index contributed by atoms with van der Waals surface area (Å²) in [6.07, 6.45) is 0.481. The molecule has 1 unspecified atom stereocenters. The van der Waals surface area contributed by atoms with Crippen LogP contribution >= 0.6 is 15.9 Å². The van der Waals surface area contributed by atoms with E-state index in [1.54, 1.807) is 0 Å². The van der Waals surface area contributed by atoms with Gasteiger partial charge in [0.1, 0.15) is 0 Å². The maximum absolute atomic E-state index is 12.0. The molecule has 136 valence electrons. The van der Waals surface area contributed by atoms with Crippen LogP contribution < -0.4 is 16.0 Å². The number of hydrogen-bond donors (Lipinski definition) is 3. The topological polar surface area (TPSA) is 65.5 Å². The number of guanidine groups is 1. The molecule has 0 aromatic heterocycles. The Morgan fingerprint density at radius 3 is 2.88 bits per heavy atom. The maximum Gasteiger partial charge on any atom is 0.225 e. The molecule has 3 rings (SSSR count). The fourth-order valence-electron chi connectivity index (χ4n) is 3.05. The lowest BCUT2D eigenvalue weighted by Gasteiger charge is -2.26. The number of nitrogens with one attached hydrogen (secondary N) is 3. The van der Waals surface area contributed by atoms with E-state index in [4.69, 9.17) is 0 Å². The normalized spacial score (nSPS) is 16.6. The Kier molecular flexibility index (Phi) is 6.28. The van der Waals surface area contributed by atoms with Crippen molar-refractivity contribution in [3.05, 3.63) is 64.1 Å². The number of aliphatic imine (C=N–C) groups is 1. The predicted molar refractivity (Wildman–Crippen MR) is 109 cm³/mol. The zero-order valence-electron chi connectivity index (χ0n) is 14.8. The van der Waals surface area contributed by atoms with Crippen LogP contribution in [0.1, 0.15) is 30.4 Å². The minimum atomic E-state index is 0.0616. The van der Waals surface area contributed by atoms with Gasteiger partial charge < -0.3 is 16.0 Å². The van der Waals surface area contributed by atoms with Crippen molar-refractivity contribution in [1.29, 1.82) is 0 Å². The van der Waals surface area contributed by atoms with Gasteiger partial charge in [0.15, 0.2) is 5.96 Å². The van der Waals surface area contributed by atoms with Crippen LogP contribution in [-0.4, -0.2) is 25.0 Å². The van der Waals surface area contributed by atoms with Crippen LogP contribution in [0.3, 0.4) is 0 Å². The molecular weight excluding hydrogens is 392 g/mol. The van der Waals surface area contributed by atoms with Gasteiger partial charge >= 0.3 is 0 Å². The SMILES string of the molecule is CCNC(=NCc1cccc(Br)c1)NCC1CC(=O)Nc2ccccc21. The average molecular weight is 415 g/mol. The van der Waals surface area contributed by atoms with Crippen LogP contribution in [0, 0.1) is 0 Å². The highest BCUT2D eigenvalue weighted by atomic mass is 79.9. The minimum Gasteiger partial charge on any atom is -0.357 e. The number of nitrogens with zero attached hydrogens (tertiary/aromatic N) is 1. The summed E-state index contributed by atoms with van der Waals surface area (Å²) in [6, 6.07) is 16.1. The highest BCUT2D eigenvalue weighted by Gasteiger charge is 2.24. The van der Waals surface area contributed by atoms with Crippen LogP contribution in [-0.2, 0) is 11.3 Å². The van der Waals surface area contributed by atoms with Crippen molar-refractivity contribution in [2.75, 3.05) is 18.4 Å². The fraction of sp³-hybridized carbons (Fsp3) is 0.300. The van der Waals surface area contributed by atoms with E-state index in [0.717, 1.165) is 28.2 Å². The van der Waals surface area contributed by atoms with E-state index in [1.165, 1.54) is 5.56 Å². The quantitative estimate of drug-likeness (QED) is 0.516. The Morgan fingerprint density at radius 2 is 2.08 bits per heavy atom. The monoisotopic (exact) mass is 414 g/mol. The van der Waals surface area contributed by atoms with Crippen LogP contribution in [0.4, 0.5) is 5.69 Å². The third-order valence-corrected chi connectivity index (χ3v) is 4.77. The second kappa shape index (κ2) is 8.85. The summed E-state index contributed by atoms with van der Waals surface area (Å²) >= 11 is 3.49. The van der Waals surface area contributed by atoms with Gasteiger partial charge in [-0.1, -0.05) is 46.3 Å². The molecule has 0 fully saturated rings. The number of anilines is 1. The zero-order chi connectivity index (χ0) is 18.4. The molecule has 0 saturated heterocycles. The molecule has 2 aromatic carbocycles. The van der Waals surface area contributed by atoms with Crippen molar-refractivity contribution in [3.8, 4) is 0 Å². The summed E-state index contributed by atoms with van der Waals surface area (Å²) in [7, 11) is 0. The standard InChI is InChI=1S/C20H23BrN4O/c1-2-22-20(23-12-14-6-5-7-16(21)10-14)24-13-15-11-19(26)25-18-9-4-3-8-17(15)18/h3-10,15H,2,11-13H2,1H3,(H,25,26)(H2,22,23,24). The Morgan fingerprint density at radius 1 is 1.23 bits per heavy atom.